The molecule has 2 amide bonds. The molecule has 0 spiro atoms. The van der Waals surface area contributed by atoms with Crippen LogP contribution in [0.25, 0.3) is 0 Å². The van der Waals surface area contributed by atoms with Crippen molar-refractivity contribution < 1.29 is 19.1 Å². The maximum absolute atomic E-state index is 12.1. The normalized spacial score (nSPS) is 11.5. The number of hydrogen-bond donors (Lipinski definition) is 2. The second kappa shape index (κ2) is 13.0. The number of benzene rings is 2. The third-order valence-corrected chi connectivity index (χ3v) is 5.15. The third kappa shape index (κ3) is 8.99. The summed E-state index contributed by atoms with van der Waals surface area (Å²) in [5.41, 5.74) is 1.75. The molecular weight excluding hydrogens is 439 g/mol. The van der Waals surface area contributed by atoms with Crippen molar-refractivity contribution in [2.24, 2.45) is 0 Å². The first-order valence-electron chi connectivity index (χ1n) is 10.1. The zero-order chi connectivity index (χ0) is 22.6. The van der Waals surface area contributed by atoms with Crippen LogP contribution in [0.2, 0.25) is 10.0 Å². The maximum atomic E-state index is 12.1. The van der Waals surface area contributed by atoms with Gasteiger partial charge in [-0.1, -0.05) is 72.9 Å². The fourth-order valence-corrected chi connectivity index (χ4v) is 3.61. The molecular formula is C23H26Cl2N2O4. The summed E-state index contributed by atoms with van der Waals surface area (Å²) in [7, 11) is 0. The summed E-state index contributed by atoms with van der Waals surface area (Å²) in [6.45, 7) is 1.70. The summed E-state index contributed by atoms with van der Waals surface area (Å²) < 4.78 is 4.93. The molecule has 0 radical (unpaired) electrons. The van der Waals surface area contributed by atoms with Crippen LogP contribution in [-0.2, 0) is 25.5 Å². The predicted molar refractivity (Wildman–Crippen MR) is 121 cm³/mol. The van der Waals surface area contributed by atoms with Gasteiger partial charge in [-0.3, -0.25) is 14.4 Å². The number of amides is 2. The highest BCUT2D eigenvalue weighted by Gasteiger charge is 2.16. The van der Waals surface area contributed by atoms with Crippen molar-refractivity contribution in [2.75, 3.05) is 19.7 Å². The van der Waals surface area contributed by atoms with Gasteiger partial charge in [-0.25, -0.2) is 0 Å². The van der Waals surface area contributed by atoms with Crippen molar-refractivity contribution >= 4 is 41.0 Å². The first-order valence-corrected chi connectivity index (χ1v) is 10.8. The molecule has 0 heterocycles. The summed E-state index contributed by atoms with van der Waals surface area (Å²) in [6, 6.07) is 14.5. The smallest absolute Gasteiger partial charge is 0.325 e. The van der Waals surface area contributed by atoms with E-state index in [0.717, 1.165) is 24.0 Å². The largest absolute Gasteiger partial charge is 0.454 e. The van der Waals surface area contributed by atoms with Crippen molar-refractivity contribution in [2.45, 2.75) is 32.1 Å². The molecule has 8 heteroatoms. The number of hydrogen-bond acceptors (Lipinski definition) is 4. The van der Waals surface area contributed by atoms with Gasteiger partial charge in [0.25, 0.3) is 5.91 Å². The lowest BCUT2D eigenvalue weighted by atomic mass is 9.94. The molecule has 2 aromatic carbocycles. The Bertz CT molecular complexity index is 890. The Morgan fingerprint density at radius 2 is 1.74 bits per heavy atom. The van der Waals surface area contributed by atoms with Gasteiger partial charge in [0, 0.05) is 22.5 Å². The number of ether oxygens (including phenoxy) is 1. The van der Waals surface area contributed by atoms with E-state index in [4.69, 9.17) is 27.9 Å². The zero-order valence-corrected chi connectivity index (χ0v) is 18.8. The van der Waals surface area contributed by atoms with Gasteiger partial charge in [-0.05, 0) is 29.7 Å². The van der Waals surface area contributed by atoms with Crippen molar-refractivity contribution in [1.29, 1.82) is 0 Å². The Balaban J connectivity index is 1.72. The van der Waals surface area contributed by atoms with Gasteiger partial charge in [0.2, 0.25) is 5.91 Å². The van der Waals surface area contributed by atoms with Crippen LogP contribution in [0, 0.1) is 0 Å². The summed E-state index contributed by atoms with van der Waals surface area (Å²) in [5.74, 6) is -1.38. The molecule has 0 saturated heterocycles. The summed E-state index contributed by atoms with van der Waals surface area (Å²) in [6.07, 6.45) is 1.91. The van der Waals surface area contributed by atoms with Crippen LogP contribution in [0.4, 0.5) is 0 Å². The molecule has 0 bridgehead atoms. The van der Waals surface area contributed by atoms with E-state index in [9.17, 15) is 14.4 Å². The maximum Gasteiger partial charge on any atom is 0.325 e. The monoisotopic (exact) mass is 464 g/mol. The molecule has 6 nitrogen and oxygen atoms in total. The minimum absolute atomic E-state index is 0.0201. The van der Waals surface area contributed by atoms with E-state index < -0.39 is 18.5 Å². The molecule has 1 atom stereocenters. The van der Waals surface area contributed by atoms with Crippen molar-refractivity contribution in [1.82, 2.24) is 10.6 Å². The molecule has 166 valence electrons. The van der Waals surface area contributed by atoms with Crippen LogP contribution in [0.15, 0.2) is 48.5 Å². The molecule has 2 N–H and O–H groups in total. The molecule has 2 aromatic rings. The highest BCUT2D eigenvalue weighted by atomic mass is 35.5. The Hall–Kier alpha value is -2.57. The number of carbonyl (C=O) groups excluding carboxylic acids is 3. The van der Waals surface area contributed by atoms with Crippen LogP contribution in [-0.4, -0.2) is 37.5 Å². The molecule has 0 aliphatic carbocycles. The lowest BCUT2D eigenvalue weighted by Crippen LogP contribution is -2.35. The first kappa shape index (κ1) is 24.7. The lowest BCUT2D eigenvalue weighted by Gasteiger charge is -2.19. The second-order valence-electron chi connectivity index (χ2n) is 7.06. The highest BCUT2D eigenvalue weighted by molar-refractivity contribution is 6.35. The van der Waals surface area contributed by atoms with E-state index in [2.05, 4.69) is 10.6 Å². The van der Waals surface area contributed by atoms with Gasteiger partial charge in [0.1, 0.15) is 6.54 Å². The summed E-state index contributed by atoms with van der Waals surface area (Å²) in [4.78, 5) is 35.7. The van der Waals surface area contributed by atoms with Crippen LogP contribution >= 0.6 is 23.2 Å². The topological polar surface area (TPSA) is 84.5 Å². The first-order chi connectivity index (χ1) is 14.9. The summed E-state index contributed by atoms with van der Waals surface area (Å²) in [5, 5.41) is 6.35. The number of carbonyl (C=O) groups is 3. The Morgan fingerprint density at radius 1 is 1.00 bits per heavy atom. The fourth-order valence-electron chi connectivity index (χ4n) is 3.05. The van der Waals surface area contributed by atoms with E-state index in [1.54, 1.807) is 12.1 Å². The van der Waals surface area contributed by atoms with Crippen molar-refractivity contribution in [3.63, 3.8) is 0 Å². The number of esters is 1. The van der Waals surface area contributed by atoms with Crippen LogP contribution in [0.3, 0.4) is 0 Å². The Labute approximate surface area is 192 Å². The Morgan fingerprint density at radius 3 is 2.42 bits per heavy atom. The van der Waals surface area contributed by atoms with E-state index in [-0.39, 0.29) is 24.8 Å². The van der Waals surface area contributed by atoms with Crippen molar-refractivity contribution in [3.8, 4) is 0 Å². The number of halogens is 2. The molecule has 0 saturated carbocycles. The van der Waals surface area contributed by atoms with E-state index in [1.165, 1.54) is 0 Å². The molecule has 0 aliphatic rings. The molecule has 0 fully saturated rings. The van der Waals surface area contributed by atoms with E-state index in [0.29, 0.717) is 16.6 Å². The van der Waals surface area contributed by atoms with Gasteiger partial charge in [0.15, 0.2) is 6.61 Å². The zero-order valence-electron chi connectivity index (χ0n) is 17.3. The van der Waals surface area contributed by atoms with Gasteiger partial charge < -0.3 is 15.4 Å². The summed E-state index contributed by atoms with van der Waals surface area (Å²) >= 11 is 12.2. The standard InChI is InChI=1S/C23H26Cl2N2O4/c1-2-6-17(19-10-9-18(24)12-20(19)25)13-26-22(29)15-31-23(30)14-27-21(28)11-16-7-4-3-5-8-16/h3-5,7-10,12,17H,2,6,11,13-15H2,1H3,(H,26,29)(H,27,28). The van der Waals surface area contributed by atoms with Gasteiger partial charge in [-0.2, -0.15) is 0 Å². The van der Waals surface area contributed by atoms with Gasteiger partial charge in [-0.15, -0.1) is 0 Å². The minimum atomic E-state index is -0.678. The predicted octanol–water partition coefficient (Wildman–Crippen LogP) is 3.90. The van der Waals surface area contributed by atoms with Gasteiger partial charge in [0.05, 0.1) is 6.42 Å². The Kier molecular flexibility index (Phi) is 10.3. The van der Waals surface area contributed by atoms with E-state index >= 15 is 0 Å². The number of nitrogens with one attached hydrogen (secondary N) is 2. The molecule has 0 aromatic heterocycles. The number of rotatable bonds is 11. The average Bonchev–Trinajstić information content (AvgIpc) is 2.75. The average molecular weight is 465 g/mol. The lowest BCUT2D eigenvalue weighted by molar-refractivity contribution is -0.148. The molecule has 2 rings (SSSR count). The minimum Gasteiger partial charge on any atom is -0.454 e. The molecule has 0 aliphatic heterocycles. The van der Waals surface area contributed by atoms with Crippen molar-refractivity contribution in [3.05, 3.63) is 69.7 Å². The van der Waals surface area contributed by atoms with Crippen LogP contribution in [0.1, 0.15) is 36.8 Å². The SMILES string of the molecule is CCCC(CNC(=O)COC(=O)CNC(=O)Cc1ccccc1)c1ccc(Cl)cc1Cl. The highest BCUT2D eigenvalue weighted by Crippen LogP contribution is 2.30. The van der Waals surface area contributed by atoms with Crippen LogP contribution in [0.5, 0.6) is 0 Å². The second-order valence-corrected chi connectivity index (χ2v) is 7.90. The van der Waals surface area contributed by atoms with Crippen LogP contribution < -0.4 is 10.6 Å². The third-order valence-electron chi connectivity index (χ3n) is 4.59. The van der Waals surface area contributed by atoms with E-state index in [1.807, 2.05) is 43.3 Å². The van der Waals surface area contributed by atoms with Gasteiger partial charge >= 0.3 is 5.97 Å². The fraction of sp³-hybridized carbons (Fsp3) is 0.348. The molecule has 1 unspecified atom stereocenters. The quantitative estimate of drug-likeness (QED) is 0.493. The molecule has 31 heavy (non-hydrogen) atoms.